The van der Waals surface area contributed by atoms with Crippen LogP contribution in [-0.4, -0.2) is 40.7 Å². The Bertz CT molecular complexity index is 1060. The normalized spacial score (nSPS) is 26.3. The third-order valence-corrected chi connectivity index (χ3v) is 7.70. The fraction of sp³-hybridized carbons (Fsp3) is 0.455. The zero-order valence-corrected chi connectivity index (χ0v) is 18.9. The third-order valence-electron chi connectivity index (χ3n) is 6.44. The molecule has 1 atom stereocenters. The highest BCUT2D eigenvalue weighted by atomic mass is 35.5. The van der Waals surface area contributed by atoms with Gasteiger partial charge in [0.15, 0.2) is 6.61 Å². The summed E-state index contributed by atoms with van der Waals surface area (Å²) < 4.78 is 44.5. The molecule has 0 unspecified atom stereocenters. The predicted octanol–water partition coefficient (Wildman–Crippen LogP) is 4.22. The number of ether oxygens (including phenoxy) is 1. The summed E-state index contributed by atoms with van der Waals surface area (Å²) in [7, 11) is 0. The Morgan fingerprint density at radius 2 is 1.94 bits per heavy atom. The fourth-order valence-corrected chi connectivity index (χ4v) is 5.49. The lowest BCUT2D eigenvalue weighted by atomic mass is 9.60. The molecule has 2 bridgehead atoms. The maximum absolute atomic E-state index is 13.5. The topological polar surface area (TPSA) is 87.7 Å². The smallest absolute Gasteiger partial charge is 0.264 e. The standard InChI is InChI=1S/C22H22ClF3N2O4S/c23-14-2-1-13(8-15(14)24)32-10-18(30)27-22-5-3-21(4-6-22,9-17(22)29)28-20(31)16-7-12(11-33-16)19(25)26/h1-2,7-8,11,17,19,29H,3-6,9-10H2,(H,27,30)(H,28,31)/t17-,21?,22?/m0/s1. The van der Waals surface area contributed by atoms with Crippen LogP contribution in [0.5, 0.6) is 5.75 Å². The SMILES string of the molecule is O=C(COc1ccc(Cl)c(F)c1)NC12CCC(NC(=O)c3cc(C(F)F)cs3)(CC1)C[C@@H]2O. The van der Waals surface area contributed by atoms with E-state index < -0.39 is 41.2 Å². The van der Waals surface area contributed by atoms with Gasteiger partial charge in [0.2, 0.25) is 0 Å². The Balaban J connectivity index is 1.34. The highest BCUT2D eigenvalue weighted by Crippen LogP contribution is 2.47. The summed E-state index contributed by atoms with van der Waals surface area (Å²) in [4.78, 5) is 25.3. The number of nitrogens with one attached hydrogen (secondary N) is 2. The molecular weight excluding hydrogens is 481 g/mol. The van der Waals surface area contributed by atoms with Crippen LogP contribution in [0.3, 0.4) is 0 Å². The quantitative estimate of drug-likeness (QED) is 0.529. The van der Waals surface area contributed by atoms with Crippen molar-refractivity contribution in [1.29, 1.82) is 0 Å². The van der Waals surface area contributed by atoms with Gasteiger partial charge in [-0.2, -0.15) is 0 Å². The predicted molar refractivity (Wildman–Crippen MR) is 116 cm³/mol. The van der Waals surface area contributed by atoms with Crippen LogP contribution in [0.2, 0.25) is 5.02 Å². The van der Waals surface area contributed by atoms with Crippen molar-refractivity contribution in [2.75, 3.05) is 6.61 Å². The minimum Gasteiger partial charge on any atom is -0.484 e. The van der Waals surface area contributed by atoms with Crippen molar-refractivity contribution in [1.82, 2.24) is 10.6 Å². The number of hydrogen-bond acceptors (Lipinski definition) is 5. The van der Waals surface area contributed by atoms with Gasteiger partial charge in [-0.15, -0.1) is 11.3 Å². The van der Waals surface area contributed by atoms with Crippen LogP contribution in [-0.2, 0) is 4.79 Å². The van der Waals surface area contributed by atoms with Crippen LogP contribution in [0.1, 0.15) is 53.8 Å². The van der Waals surface area contributed by atoms with Gasteiger partial charge in [-0.25, -0.2) is 13.2 Å². The minimum atomic E-state index is -2.64. The van der Waals surface area contributed by atoms with Crippen molar-refractivity contribution in [3.63, 3.8) is 0 Å². The van der Waals surface area contributed by atoms with Crippen molar-refractivity contribution in [3.05, 3.63) is 50.9 Å². The molecule has 1 aromatic heterocycles. The molecule has 1 heterocycles. The van der Waals surface area contributed by atoms with Crippen molar-refractivity contribution in [2.45, 2.75) is 55.7 Å². The van der Waals surface area contributed by atoms with E-state index in [0.29, 0.717) is 25.7 Å². The van der Waals surface area contributed by atoms with Crippen LogP contribution in [0.25, 0.3) is 0 Å². The first-order valence-corrected chi connectivity index (χ1v) is 11.6. The molecule has 3 saturated carbocycles. The number of alkyl halides is 2. The fourth-order valence-electron chi connectivity index (χ4n) is 4.58. The second-order valence-electron chi connectivity index (χ2n) is 8.57. The molecule has 3 N–H and O–H groups in total. The summed E-state index contributed by atoms with van der Waals surface area (Å²) in [5.41, 5.74) is -1.69. The lowest BCUT2D eigenvalue weighted by Gasteiger charge is -2.56. The highest BCUT2D eigenvalue weighted by molar-refractivity contribution is 7.12. The summed E-state index contributed by atoms with van der Waals surface area (Å²) in [5, 5.41) is 17.8. The zero-order valence-electron chi connectivity index (χ0n) is 17.4. The molecule has 33 heavy (non-hydrogen) atoms. The van der Waals surface area contributed by atoms with Gasteiger partial charge in [-0.1, -0.05) is 11.6 Å². The van der Waals surface area contributed by atoms with E-state index in [0.717, 1.165) is 17.4 Å². The van der Waals surface area contributed by atoms with Crippen LogP contribution < -0.4 is 15.4 Å². The van der Waals surface area contributed by atoms with E-state index in [4.69, 9.17) is 16.3 Å². The highest BCUT2D eigenvalue weighted by Gasteiger charge is 2.55. The number of fused-ring (bicyclic) bond motifs is 3. The van der Waals surface area contributed by atoms with E-state index in [2.05, 4.69) is 10.6 Å². The summed E-state index contributed by atoms with van der Waals surface area (Å²) in [6, 6.07) is 5.04. The number of rotatable bonds is 7. The Hall–Kier alpha value is -2.30. The number of aliphatic hydroxyl groups is 1. The van der Waals surface area contributed by atoms with Crippen molar-refractivity contribution >= 4 is 34.8 Å². The summed E-state index contributed by atoms with van der Waals surface area (Å²) in [6.45, 7) is -0.359. The van der Waals surface area contributed by atoms with Crippen molar-refractivity contribution in [2.24, 2.45) is 0 Å². The van der Waals surface area contributed by atoms with E-state index >= 15 is 0 Å². The van der Waals surface area contributed by atoms with E-state index in [9.17, 15) is 27.9 Å². The van der Waals surface area contributed by atoms with E-state index in [1.54, 1.807) is 0 Å². The van der Waals surface area contributed by atoms with Gasteiger partial charge < -0.3 is 20.5 Å². The molecule has 0 spiro atoms. The Morgan fingerprint density at radius 1 is 1.21 bits per heavy atom. The molecule has 3 aliphatic rings. The molecule has 2 amide bonds. The maximum Gasteiger partial charge on any atom is 0.264 e. The Morgan fingerprint density at radius 3 is 2.55 bits per heavy atom. The van der Waals surface area contributed by atoms with Crippen molar-refractivity contribution < 1.29 is 32.6 Å². The molecule has 6 nitrogen and oxygen atoms in total. The van der Waals surface area contributed by atoms with Crippen LogP contribution >= 0.6 is 22.9 Å². The zero-order chi connectivity index (χ0) is 23.8. The molecule has 178 valence electrons. The second kappa shape index (κ2) is 9.15. The molecule has 0 aliphatic heterocycles. The first-order chi connectivity index (χ1) is 15.6. The van der Waals surface area contributed by atoms with Crippen LogP contribution in [0.15, 0.2) is 29.6 Å². The molecule has 11 heteroatoms. The van der Waals surface area contributed by atoms with Gasteiger partial charge in [0, 0.05) is 22.5 Å². The lowest BCUT2D eigenvalue weighted by molar-refractivity contribution is -0.132. The summed E-state index contributed by atoms with van der Waals surface area (Å²) in [6.07, 6.45) is -1.41. The number of hydrogen-bond donors (Lipinski definition) is 3. The number of aliphatic hydroxyl groups excluding tert-OH is 1. The number of amides is 2. The number of halogens is 4. The van der Waals surface area contributed by atoms with Crippen LogP contribution in [0.4, 0.5) is 13.2 Å². The molecule has 0 saturated heterocycles. The number of benzene rings is 1. The largest absolute Gasteiger partial charge is 0.484 e. The molecule has 3 fully saturated rings. The number of carbonyl (C=O) groups is 2. The van der Waals surface area contributed by atoms with Gasteiger partial charge in [0.1, 0.15) is 11.6 Å². The minimum absolute atomic E-state index is 0.0534. The average Bonchev–Trinajstić information content (AvgIpc) is 3.27. The third kappa shape index (κ3) is 4.97. The van der Waals surface area contributed by atoms with Gasteiger partial charge in [-0.3, -0.25) is 9.59 Å². The van der Waals surface area contributed by atoms with Gasteiger partial charge >= 0.3 is 0 Å². The maximum atomic E-state index is 13.5. The molecule has 1 aromatic carbocycles. The molecule has 2 aromatic rings. The molecular formula is C22H22ClF3N2O4S. The lowest BCUT2D eigenvalue weighted by Crippen LogP contribution is -2.70. The number of carbonyl (C=O) groups excluding carboxylic acids is 2. The van der Waals surface area contributed by atoms with E-state index in [-0.39, 0.29) is 34.2 Å². The first-order valence-electron chi connectivity index (χ1n) is 10.4. The van der Waals surface area contributed by atoms with Gasteiger partial charge in [0.05, 0.1) is 21.5 Å². The van der Waals surface area contributed by atoms with Crippen LogP contribution in [0, 0.1) is 5.82 Å². The van der Waals surface area contributed by atoms with Gasteiger partial charge in [0.25, 0.3) is 18.2 Å². The van der Waals surface area contributed by atoms with E-state index in [1.165, 1.54) is 23.6 Å². The Kier molecular flexibility index (Phi) is 6.61. The van der Waals surface area contributed by atoms with Gasteiger partial charge in [-0.05, 0) is 50.3 Å². The summed E-state index contributed by atoms with van der Waals surface area (Å²) >= 11 is 6.58. The summed E-state index contributed by atoms with van der Waals surface area (Å²) in [5.74, 6) is -1.40. The van der Waals surface area contributed by atoms with E-state index in [1.807, 2.05) is 0 Å². The molecule has 3 aliphatic carbocycles. The average molecular weight is 503 g/mol. The molecule has 5 rings (SSSR count). The second-order valence-corrected chi connectivity index (χ2v) is 9.89. The monoisotopic (exact) mass is 502 g/mol. The molecule has 0 radical (unpaired) electrons. The first kappa shape index (κ1) is 23.8. The Labute approximate surface area is 197 Å². The number of thiophene rings is 1. The van der Waals surface area contributed by atoms with Crippen molar-refractivity contribution in [3.8, 4) is 5.75 Å².